The van der Waals surface area contributed by atoms with Crippen molar-refractivity contribution in [2.75, 3.05) is 6.61 Å². The molecule has 0 unspecified atom stereocenters. The summed E-state index contributed by atoms with van der Waals surface area (Å²) in [6.45, 7) is 1.71. The summed E-state index contributed by atoms with van der Waals surface area (Å²) in [4.78, 5) is 11.6. The topological polar surface area (TPSA) is 63.8 Å². The van der Waals surface area contributed by atoms with Crippen LogP contribution >= 0.6 is 43.5 Å². The third kappa shape index (κ3) is 4.86. The molecular formula is C14H11Br2ClN2O3. The first-order chi connectivity index (χ1) is 10.5. The number of furan rings is 1. The molecule has 0 aliphatic rings. The lowest BCUT2D eigenvalue weighted by molar-refractivity contribution is -0.123. The van der Waals surface area contributed by atoms with Crippen LogP contribution in [0.1, 0.15) is 11.3 Å². The van der Waals surface area contributed by atoms with Gasteiger partial charge in [0.2, 0.25) is 0 Å². The van der Waals surface area contributed by atoms with Crippen LogP contribution in [0.4, 0.5) is 0 Å². The largest absolute Gasteiger partial charge is 0.484 e. The van der Waals surface area contributed by atoms with Gasteiger partial charge in [0.15, 0.2) is 11.3 Å². The predicted octanol–water partition coefficient (Wildman–Crippen LogP) is 4.30. The van der Waals surface area contributed by atoms with Gasteiger partial charge in [-0.3, -0.25) is 4.79 Å². The number of carbonyl (C=O) groups is 1. The van der Waals surface area contributed by atoms with E-state index in [-0.39, 0.29) is 12.5 Å². The Bertz CT molecular complexity index is 697. The Morgan fingerprint density at radius 1 is 1.45 bits per heavy atom. The minimum absolute atomic E-state index is 0.149. The van der Waals surface area contributed by atoms with Gasteiger partial charge in [0.1, 0.15) is 11.5 Å². The highest BCUT2D eigenvalue weighted by atomic mass is 79.9. The average molecular weight is 451 g/mol. The van der Waals surface area contributed by atoms with Crippen LogP contribution in [-0.4, -0.2) is 18.7 Å². The number of hydrogen-bond donors (Lipinski definition) is 1. The van der Waals surface area contributed by atoms with Gasteiger partial charge in [-0.15, -0.1) is 0 Å². The molecule has 2 rings (SSSR count). The SMILES string of the molecule is Cc1cc(OCC(=O)NN=Cc2cc(Br)c(Br)o2)ccc1Cl. The summed E-state index contributed by atoms with van der Waals surface area (Å²) < 4.78 is 11.9. The molecule has 1 heterocycles. The van der Waals surface area contributed by atoms with Crippen molar-refractivity contribution < 1.29 is 13.9 Å². The van der Waals surface area contributed by atoms with E-state index in [2.05, 4.69) is 42.4 Å². The highest BCUT2D eigenvalue weighted by Gasteiger charge is 2.05. The van der Waals surface area contributed by atoms with E-state index in [9.17, 15) is 4.79 Å². The molecule has 0 aliphatic carbocycles. The van der Waals surface area contributed by atoms with E-state index >= 15 is 0 Å². The number of amides is 1. The van der Waals surface area contributed by atoms with Crippen LogP contribution in [0.15, 0.2) is 42.9 Å². The molecule has 0 saturated heterocycles. The number of nitrogens with one attached hydrogen (secondary N) is 1. The van der Waals surface area contributed by atoms with Crippen molar-refractivity contribution in [1.29, 1.82) is 0 Å². The normalized spacial score (nSPS) is 10.9. The van der Waals surface area contributed by atoms with E-state index in [0.29, 0.717) is 21.2 Å². The molecule has 0 spiro atoms. The van der Waals surface area contributed by atoms with E-state index in [1.54, 1.807) is 24.3 Å². The zero-order valence-corrected chi connectivity index (χ0v) is 15.3. The maximum Gasteiger partial charge on any atom is 0.277 e. The Hall–Kier alpha value is -1.31. The van der Waals surface area contributed by atoms with Gasteiger partial charge in [0.25, 0.3) is 5.91 Å². The highest BCUT2D eigenvalue weighted by molar-refractivity contribution is 9.13. The molecular weight excluding hydrogens is 439 g/mol. The smallest absolute Gasteiger partial charge is 0.277 e. The number of rotatable bonds is 5. The van der Waals surface area contributed by atoms with E-state index in [0.717, 1.165) is 10.0 Å². The third-order valence-corrected chi connectivity index (χ3v) is 4.68. The second-order valence-electron chi connectivity index (χ2n) is 4.26. The van der Waals surface area contributed by atoms with Crippen LogP contribution in [-0.2, 0) is 4.79 Å². The van der Waals surface area contributed by atoms with Crippen molar-refractivity contribution in [3.8, 4) is 5.75 Å². The van der Waals surface area contributed by atoms with E-state index in [4.69, 9.17) is 20.8 Å². The first kappa shape index (κ1) is 17.1. The second kappa shape index (κ2) is 7.80. The van der Waals surface area contributed by atoms with Crippen molar-refractivity contribution >= 4 is 55.6 Å². The summed E-state index contributed by atoms with van der Waals surface area (Å²) >= 11 is 12.4. The minimum Gasteiger partial charge on any atom is -0.484 e. The fourth-order valence-corrected chi connectivity index (χ4v) is 2.21. The van der Waals surface area contributed by atoms with Gasteiger partial charge in [-0.05, 0) is 62.5 Å². The Morgan fingerprint density at radius 3 is 2.86 bits per heavy atom. The summed E-state index contributed by atoms with van der Waals surface area (Å²) in [5.74, 6) is 0.682. The van der Waals surface area contributed by atoms with Gasteiger partial charge in [-0.25, -0.2) is 5.43 Å². The molecule has 0 radical (unpaired) electrons. The van der Waals surface area contributed by atoms with Crippen LogP contribution in [0.2, 0.25) is 5.02 Å². The lowest BCUT2D eigenvalue weighted by Gasteiger charge is -2.06. The molecule has 0 aliphatic heterocycles. The minimum atomic E-state index is -0.381. The highest BCUT2D eigenvalue weighted by Crippen LogP contribution is 2.25. The number of hydrazone groups is 1. The fourth-order valence-electron chi connectivity index (χ4n) is 1.48. The molecule has 8 heteroatoms. The summed E-state index contributed by atoms with van der Waals surface area (Å²) in [6, 6.07) is 6.89. The Kier molecular flexibility index (Phi) is 6.05. The molecule has 0 fully saturated rings. The lowest BCUT2D eigenvalue weighted by atomic mass is 10.2. The van der Waals surface area contributed by atoms with Gasteiger partial charge in [0.05, 0.1) is 10.7 Å². The van der Waals surface area contributed by atoms with Gasteiger partial charge < -0.3 is 9.15 Å². The molecule has 1 aromatic heterocycles. The fraction of sp³-hybridized carbons (Fsp3) is 0.143. The van der Waals surface area contributed by atoms with Crippen LogP contribution in [0.25, 0.3) is 0 Å². The van der Waals surface area contributed by atoms with Gasteiger partial charge in [-0.2, -0.15) is 5.10 Å². The molecule has 22 heavy (non-hydrogen) atoms. The first-order valence-electron chi connectivity index (χ1n) is 6.11. The van der Waals surface area contributed by atoms with E-state index in [1.165, 1.54) is 6.21 Å². The maximum absolute atomic E-state index is 11.6. The van der Waals surface area contributed by atoms with Crippen molar-refractivity contribution in [2.45, 2.75) is 6.92 Å². The number of hydrogen-bond acceptors (Lipinski definition) is 4. The van der Waals surface area contributed by atoms with Gasteiger partial charge >= 0.3 is 0 Å². The molecule has 0 saturated carbocycles. The van der Waals surface area contributed by atoms with Crippen molar-refractivity contribution in [2.24, 2.45) is 5.10 Å². The Labute approximate surface area is 148 Å². The number of ether oxygens (including phenoxy) is 1. The van der Waals surface area contributed by atoms with Crippen LogP contribution < -0.4 is 10.2 Å². The molecule has 5 nitrogen and oxygen atoms in total. The number of carbonyl (C=O) groups excluding carboxylic acids is 1. The molecule has 0 atom stereocenters. The van der Waals surface area contributed by atoms with Crippen molar-refractivity contribution in [3.05, 3.63) is 49.8 Å². The number of benzene rings is 1. The molecule has 1 aromatic carbocycles. The Morgan fingerprint density at radius 2 is 2.23 bits per heavy atom. The van der Waals surface area contributed by atoms with E-state index < -0.39 is 0 Å². The summed E-state index contributed by atoms with van der Waals surface area (Å²) in [5, 5.41) is 4.43. The molecule has 0 bridgehead atoms. The lowest BCUT2D eigenvalue weighted by Crippen LogP contribution is -2.24. The summed E-state index contributed by atoms with van der Waals surface area (Å²) in [5.41, 5.74) is 3.23. The zero-order chi connectivity index (χ0) is 16.1. The maximum atomic E-state index is 11.6. The van der Waals surface area contributed by atoms with Gasteiger partial charge in [0, 0.05) is 11.1 Å². The van der Waals surface area contributed by atoms with E-state index in [1.807, 2.05) is 6.92 Å². The average Bonchev–Trinajstić information content (AvgIpc) is 2.79. The third-order valence-electron chi connectivity index (χ3n) is 2.54. The second-order valence-corrected chi connectivity index (χ2v) is 6.25. The number of halogens is 3. The molecule has 1 N–H and O–H groups in total. The zero-order valence-electron chi connectivity index (χ0n) is 11.4. The first-order valence-corrected chi connectivity index (χ1v) is 8.08. The quantitative estimate of drug-likeness (QED) is 0.546. The standard InChI is InChI=1S/C14H11Br2ClN2O3/c1-8-4-9(2-3-12(8)17)21-7-13(20)19-18-6-10-5-11(15)14(16)22-10/h2-6H,7H2,1H3,(H,19,20). The summed E-state index contributed by atoms with van der Waals surface area (Å²) in [6.07, 6.45) is 1.39. The molecule has 116 valence electrons. The van der Waals surface area contributed by atoms with Gasteiger partial charge in [-0.1, -0.05) is 11.6 Å². The molecule has 2 aromatic rings. The Balaban J connectivity index is 1.81. The van der Waals surface area contributed by atoms with Crippen molar-refractivity contribution in [3.63, 3.8) is 0 Å². The predicted molar refractivity (Wildman–Crippen MR) is 91.5 cm³/mol. The summed E-state index contributed by atoms with van der Waals surface area (Å²) in [7, 11) is 0. The van der Waals surface area contributed by atoms with Crippen LogP contribution in [0.5, 0.6) is 5.75 Å². The number of aryl methyl sites for hydroxylation is 1. The van der Waals surface area contributed by atoms with Crippen LogP contribution in [0.3, 0.4) is 0 Å². The van der Waals surface area contributed by atoms with Crippen LogP contribution in [0, 0.1) is 6.92 Å². The number of nitrogens with zero attached hydrogens (tertiary/aromatic N) is 1. The monoisotopic (exact) mass is 448 g/mol. The molecule has 1 amide bonds. The van der Waals surface area contributed by atoms with Crippen molar-refractivity contribution in [1.82, 2.24) is 5.43 Å².